The Labute approximate surface area is 158 Å². The Hall–Kier alpha value is -2.56. The Morgan fingerprint density at radius 1 is 0.840 bits per heavy atom. The molecule has 2 aromatic carbocycles. The van der Waals surface area contributed by atoms with Crippen molar-refractivity contribution in [2.24, 2.45) is 0 Å². The topological polar surface area (TPSA) is 42.7 Å². The molecular weight excluding hydrogens is 355 g/mol. The molecule has 0 atom stereocenters. The molecule has 4 aromatic rings. The van der Waals surface area contributed by atoms with Crippen LogP contribution in [0.5, 0.6) is 0 Å². The minimum atomic E-state index is 0. The fraction of sp³-hybridized carbons (Fsp3) is 0.0526. The molecule has 0 amide bonds. The van der Waals surface area contributed by atoms with Crippen LogP contribution in [0.3, 0.4) is 0 Å². The first kappa shape index (κ1) is 18.8. The first-order valence-electron chi connectivity index (χ1n) is 7.56. The standard InChI is InChI=1S/C19H16N4.2ClH/c1-2-7-17(8-3-1)23-14-22-18-12-15(9-10-19(18)23)21-13-16-6-4-5-11-20-16;;/h1-12,14,21H,13H2;2*1H. The van der Waals surface area contributed by atoms with Crippen LogP contribution >= 0.6 is 24.8 Å². The van der Waals surface area contributed by atoms with Gasteiger partial charge in [0.15, 0.2) is 0 Å². The Morgan fingerprint density at radius 2 is 1.64 bits per heavy atom. The van der Waals surface area contributed by atoms with Crippen LogP contribution in [0.15, 0.2) is 79.3 Å². The molecule has 6 heteroatoms. The molecule has 0 aliphatic rings. The summed E-state index contributed by atoms with van der Waals surface area (Å²) in [7, 11) is 0. The lowest BCUT2D eigenvalue weighted by Crippen LogP contribution is -2.01. The van der Waals surface area contributed by atoms with Crippen molar-refractivity contribution in [1.29, 1.82) is 0 Å². The number of aromatic nitrogens is 3. The molecule has 25 heavy (non-hydrogen) atoms. The number of nitrogens with one attached hydrogen (secondary N) is 1. The van der Waals surface area contributed by atoms with Crippen molar-refractivity contribution in [3.8, 4) is 5.69 Å². The summed E-state index contributed by atoms with van der Waals surface area (Å²) in [4.78, 5) is 8.84. The third-order valence-electron chi connectivity index (χ3n) is 3.78. The van der Waals surface area contributed by atoms with Gasteiger partial charge in [0, 0.05) is 17.6 Å². The Bertz CT molecular complexity index is 924. The van der Waals surface area contributed by atoms with E-state index in [1.54, 1.807) is 0 Å². The number of fused-ring (bicyclic) bond motifs is 1. The number of para-hydroxylation sites is 1. The highest BCUT2D eigenvalue weighted by Gasteiger charge is 2.05. The second-order valence-corrected chi connectivity index (χ2v) is 5.33. The fourth-order valence-corrected chi connectivity index (χ4v) is 2.61. The third kappa shape index (κ3) is 4.10. The number of nitrogens with zero attached hydrogens (tertiary/aromatic N) is 3. The van der Waals surface area contributed by atoms with Crippen molar-refractivity contribution in [1.82, 2.24) is 14.5 Å². The van der Waals surface area contributed by atoms with E-state index >= 15 is 0 Å². The van der Waals surface area contributed by atoms with Gasteiger partial charge in [-0.1, -0.05) is 24.3 Å². The molecule has 4 nitrogen and oxygen atoms in total. The van der Waals surface area contributed by atoms with Gasteiger partial charge in [-0.2, -0.15) is 0 Å². The van der Waals surface area contributed by atoms with Crippen LogP contribution in [-0.4, -0.2) is 14.5 Å². The van der Waals surface area contributed by atoms with E-state index in [1.807, 2.05) is 48.9 Å². The number of benzene rings is 2. The van der Waals surface area contributed by atoms with Crippen molar-refractivity contribution >= 4 is 41.5 Å². The number of hydrogen-bond donors (Lipinski definition) is 1. The minimum Gasteiger partial charge on any atom is -0.379 e. The van der Waals surface area contributed by atoms with Gasteiger partial charge in [0.2, 0.25) is 0 Å². The monoisotopic (exact) mass is 372 g/mol. The molecule has 0 bridgehead atoms. The highest BCUT2D eigenvalue weighted by molar-refractivity contribution is 5.85. The molecular formula is C19H18Cl2N4. The van der Waals surface area contributed by atoms with Gasteiger partial charge in [0.05, 0.1) is 23.3 Å². The maximum absolute atomic E-state index is 4.52. The first-order valence-corrected chi connectivity index (χ1v) is 7.56. The summed E-state index contributed by atoms with van der Waals surface area (Å²) in [6.45, 7) is 0.700. The summed E-state index contributed by atoms with van der Waals surface area (Å²) in [6.07, 6.45) is 3.67. The van der Waals surface area contributed by atoms with Crippen LogP contribution in [0.4, 0.5) is 5.69 Å². The lowest BCUT2D eigenvalue weighted by Gasteiger charge is -2.07. The van der Waals surface area contributed by atoms with Gasteiger partial charge in [-0.15, -0.1) is 24.8 Å². The van der Waals surface area contributed by atoms with Crippen molar-refractivity contribution < 1.29 is 0 Å². The van der Waals surface area contributed by atoms with Gasteiger partial charge >= 0.3 is 0 Å². The van der Waals surface area contributed by atoms with E-state index < -0.39 is 0 Å². The average Bonchev–Trinajstić information content (AvgIpc) is 3.05. The van der Waals surface area contributed by atoms with Crippen molar-refractivity contribution in [2.75, 3.05) is 5.32 Å². The normalized spacial score (nSPS) is 9.92. The lowest BCUT2D eigenvalue weighted by atomic mass is 10.2. The van der Waals surface area contributed by atoms with E-state index in [4.69, 9.17) is 0 Å². The molecule has 0 fully saturated rings. The number of hydrogen-bond acceptors (Lipinski definition) is 3. The molecule has 0 saturated carbocycles. The summed E-state index contributed by atoms with van der Waals surface area (Å²) in [5.41, 5.74) is 5.24. The van der Waals surface area contributed by atoms with Gasteiger partial charge in [-0.05, 0) is 42.5 Å². The van der Waals surface area contributed by atoms with Crippen LogP contribution in [0.1, 0.15) is 5.69 Å². The largest absolute Gasteiger partial charge is 0.379 e. The maximum Gasteiger partial charge on any atom is 0.100 e. The Morgan fingerprint density at radius 3 is 2.40 bits per heavy atom. The molecule has 0 saturated heterocycles. The summed E-state index contributed by atoms with van der Waals surface area (Å²) < 4.78 is 2.10. The van der Waals surface area contributed by atoms with E-state index in [0.717, 1.165) is 28.1 Å². The zero-order valence-corrected chi connectivity index (χ0v) is 15.0. The zero-order chi connectivity index (χ0) is 15.5. The Kier molecular flexibility index (Phi) is 6.39. The summed E-state index contributed by atoms with van der Waals surface area (Å²) >= 11 is 0. The third-order valence-corrected chi connectivity index (χ3v) is 3.78. The van der Waals surface area contributed by atoms with Crippen LogP contribution in [0.25, 0.3) is 16.7 Å². The summed E-state index contributed by atoms with van der Waals surface area (Å²) in [5.74, 6) is 0. The molecule has 0 unspecified atom stereocenters. The van der Waals surface area contributed by atoms with Crippen LogP contribution in [0.2, 0.25) is 0 Å². The van der Waals surface area contributed by atoms with E-state index in [-0.39, 0.29) is 24.8 Å². The minimum absolute atomic E-state index is 0. The molecule has 0 radical (unpaired) electrons. The highest BCUT2D eigenvalue weighted by atomic mass is 35.5. The average molecular weight is 373 g/mol. The predicted molar refractivity (Wildman–Crippen MR) is 107 cm³/mol. The first-order chi connectivity index (χ1) is 11.4. The second kappa shape index (κ2) is 8.51. The molecule has 2 heterocycles. The quantitative estimate of drug-likeness (QED) is 0.555. The van der Waals surface area contributed by atoms with E-state index in [2.05, 4.69) is 50.2 Å². The lowest BCUT2D eigenvalue weighted by molar-refractivity contribution is 1.05. The van der Waals surface area contributed by atoms with Crippen LogP contribution in [-0.2, 0) is 6.54 Å². The molecule has 128 valence electrons. The Balaban J connectivity index is 0.00000113. The van der Waals surface area contributed by atoms with Crippen LogP contribution < -0.4 is 5.32 Å². The molecule has 0 aliphatic heterocycles. The van der Waals surface area contributed by atoms with Crippen molar-refractivity contribution in [3.05, 3.63) is 84.9 Å². The second-order valence-electron chi connectivity index (χ2n) is 5.33. The van der Waals surface area contributed by atoms with Crippen LogP contribution in [0, 0.1) is 0 Å². The fourth-order valence-electron chi connectivity index (χ4n) is 2.61. The number of halogens is 2. The molecule has 2 aromatic heterocycles. The van der Waals surface area contributed by atoms with Gasteiger partial charge in [0.1, 0.15) is 6.33 Å². The number of imidazole rings is 1. The number of anilines is 1. The molecule has 4 rings (SSSR count). The van der Waals surface area contributed by atoms with Crippen molar-refractivity contribution in [3.63, 3.8) is 0 Å². The number of rotatable bonds is 4. The van der Waals surface area contributed by atoms with E-state index in [9.17, 15) is 0 Å². The molecule has 1 N–H and O–H groups in total. The summed E-state index contributed by atoms with van der Waals surface area (Å²) in [5, 5.41) is 3.39. The van der Waals surface area contributed by atoms with E-state index in [1.165, 1.54) is 0 Å². The van der Waals surface area contributed by atoms with Gasteiger partial charge in [-0.3, -0.25) is 9.55 Å². The van der Waals surface area contributed by atoms with Gasteiger partial charge < -0.3 is 5.32 Å². The number of pyridine rings is 1. The highest BCUT2D eigenvalue weighted by Crippen LogP contribution is 2.21. The molecule has 0 spiro atoms. The smallest absolute Gasteiger partial charge is 0.100 e. The summed E-state index contributed by atoms with van der Waals surface area (Å²) in [6, 6.07) is 22.4. The zero-order valence-electron chi connectivity index (χ0n) is 13.4. The maximum atomic E-state index is 4.52. The van der Waals surface area contributed by atoms with E-state index in [0.29, 0.717) is 6.54 Å². The SMILES string of the molecule is Cl.Cl.c1ccc(-n2cnc3cc(NCc4ccccn4)ccc32)cc1. The van der Waals surface area contributed by atoms with Crippen molar-refractivity contribution in [2.45, 2.75) is 6.54 Å². The predicted octanol–water partition coefficient (Wildman–Crippen LogP) is 4.88. The van der Waals surface area contributed by atoms with Gasteiger partial charge in [-0.25, -0.2) is 4.98 Å². The van der Waals surface area contributed by atoms with Gasteiger partial charge in [0.25, 0.3) is 0 Å². The molecule has 0 aliphatic carbocycles.